The van der Waals surface area contributed by atoms with E-state index in [4.69, 9.17) is 14.2 Å². The molecule has 0 fully saturated rings. The molecule has 172 valence electrons. The van der Waals surface area contributed by atoms with Crippen molar-refractivity contribution in [3.05, 3.63) is 59.1 Å². The van der Waals surface area contributed by atoms with E-state index in [2.05, 4.69) is 14.7 Å². The summed E-state index contributed by atoms with van der Waals surface area (Å²) in [5, 5.41) is 2.49. The van der Waals surface area contributed by atoms with Gasteiger partial charge in [-0.05, 0) is 31.2 Å². The number of rotatable bonds is 7. The first-order valence-electron chi connectivity index (χ1n) is 9.86. The maximum absolute atomic E-state index is 12.5. The molecule has 11 heteroatoms. The lowest BCUT2D eigenvalue weighted by Crippen LogP contribution is -2.26. The molecular formula is C22H21N3O6S2. The average molecular weight is 488 g/mol. The number of para-hydroxylation sites is 1. The Bertz CT molecular complexity index is 1330. The number of hydrogen-bond acceptors (Lipinski definition) is 9. The van der Waals surface area contributed by atoms with Crippen LogP contribution in [0.25, 0.3) is 10.6 Å². The van der Waals surface area contributed by atoms with Gasteiger partial charge in [-0.3, -0.25) is 9.71 Å². The van der Waals surface area contributed by atoms with Crippen molar-refractivity contribution in [2.75, 3.05) is 14.2 Å². The van der Waals surface area contributed by atoms with E-state index in [0.717, 1.165) is 5.56 Å². The highest BCUT2D eigenvalue weighted by atomic mass is 32.2. The van der Waals surface area contributed by atoms with E-state index in [1.54, 1.807) is 43.9 Å². The summed E-state index contributed by atoms with van der Waals surface area (Å²) in [7, 11) is -0.554. The lowest BCUT2D eigenvalue weighted by molar-refractivity contribution is -0.146. The number of methoxy groups -OCH3 is 2. The maximum atomic E-state index is 12.5. The normalized spacial score (nSPS) is 16.0. The number of aliphatic imine (C=N–C) groups is 1. The first-order chi connectivity index (χ1) is 15.8. The first-order valence-corrected chi connectivity index (χ1v) is 12.2. The van der Waals surface area contributed by atoms with Gasteiger partial charge in [0.1, 0.15) is 23.5 Å². The lowest BCUT2D eigenvalue weighted by atomic mass is 10.2. The van der Waals surface area contributed by atoms with E-state index in [0.29, 0.717) is 27.8 Å². The van der Waals surface area contributed by atoms with Crippen LogP contribution in [-0.4, -0.2) is 45.5 Å². The lowest BCUT2D eigenvalue weighted by Gasteiger charge is -2.10. The van der Waals surface area contributed by atoms with E-state index in [9.17, 15) is 13.2 Å². The second-order valence-corrected chi connectivity index (χ2v) is 9.56. The van der Waals surface area contributed by atoms with E-state index < -0.39 is 22.0 Å². The van der Waals surface area contributed by atoms with Crippen LogP contribution >= 0.6 is 11.3 Å². The van der Waals surface area contributed by atoms with Crippen LogP contribution in [0.4, 0.5) is 0 Å². The summed E-state index contributed by atoms with van der Waals surface area (Å²) in [5.74, 6) is 0.688. The van der Waals surface area contributed by atoms with Crippen LogP contribution in [0.2, 0.25) is 0 Å². The number of nitrogens with zero attached hydrogens (tertiary/aromatic N) is 2. The van der Waals surface area contributed by atoms with Gasteiger partial charge < -0.3 is 14.2 Å². The molecule has 2 aromatic carbocycles. The van der Waals surface area contributed by atoms with Gasteiger partial charge in [0.15, 0.2) is 11.5 Å². The van der Waals surface area contributed by atoms with Gasteiger partial charge in [-0.1, -0.05) is 18.2 Å². The Labute approximate surface area is 195 Å². The van der Waals surface area contributed by atoms with Gasteiger partial charge in [0.25, 0.3) is 10.0 Å². The van der Waals surface area contributed by atoms with Gasteiger partial charge >= 0.3 is 5.97 Å². The van der Waals surface area contributed by atoms with Crippen LogP contribution in [-0.2, 0) is 26.2 Å². The van der Waals surface area contributed by atoms with Crippen LogP contribution in [0.15, 0.2) is 57.7 Å². The summed E-state index contributed by atoms with van der Waals surface area (Å²) in [4.78, 5) is 21.4. The Morgan fingerprint density at radius 3 is 2.64 bits per heavy atom. The minimum atomic E-state index is -3.68. The topological polar surface area (TPSA) is 116 Å². The highest BCUT2D eigenvalue weighted by Gasteiger charge is 2.31. The van der Waals surface area contributed by atoms with Crippen molar-refractivity contribution in [1.82, 2.24) is 9.71 Å². The number of esters is 1. The fourth-order valence-corrected chi connectivity index (χ4v) is 5.36. The molecule has 1 aromatic heterocycles. The highest BCUT2D eigenvalue weighted by molar-refractivity contribution is 7.90. The number of amidine groups is 1. The number of carbonyl (C=O) groups excluding carboxylic acids is 1. The summed E-state index contributed by atoms with van der Waals surface area (Å²) in [6.07, 6.45) is 0. The number of hydrogen-bond donors (Lipinski definition) is 1. The predicted molar refractivity (Wildman–Crippen MR) is 123 cm³/mol. The first kappa shape index (κ1) is 22.7. The summed E-state index contributed by atoms with van der Waals surface area (Å²) < 4.78 is 42.9. The van der Waals surface area contributed by atoms with Crippen molar-refractivity contribution >= 4 is 33.2 Å². The largest absolute Gasteiger partial charge is 0.493 e. The van der Waals surface area contributed by atoms with Crippen molar-refractivity contribution in [2.24, 2.45) is 4.99 Å². The van der Waals surface area contributed by atoms with Crippen molar-refractivity contribution in [2.45, 2.75) is 24.5 Å². The summed E-state index contributed by atoms with van der Waals surface area (Å²) >= 11 is 1.39. The molecule has 0 aliphatic carbocycles. The fourth-order valence-electron chi connectivity index (χ4n) is 3.29. The minimum Gasteiger partial charge on any atom is -0.493 e. The van der Waals surface area contributed by atoms with E-state index >= 15 is 0 Å². The van der Waals surface area contributed by atoms with Gasteiger partial charge in [0, 0.05) is 10.9 Å². The second kappa shape index (κ2) is 9.20. The third-order valence-corrected chi connectivity index (χ3v) is 7.20. The molecule has 0 spiro atoms. The maximum Gasteiger partial charge on any atom is 0.331 e. The molecule has 0 saturated heterocycles. The van der Waals surface area contributed by atoms with E-state index in [-0.39, 0.29) is 17.3 Å². The number of aromatic nitrogens is 1. The standard InChI is InChI=1S/C22H21N3O6S2/c1-13(23-20-15-7-4-5-10-18(15)33(27,28)25-20)22(26)31-11-14-12-32-21(24-14)16-8-6-9-17(29-2)19(16)30-3/h4-10,12-13H,11H2,1-3H3,(H,23,25)/t13-/m0/s1. The Kier molecular flexibility index (Phi) is 6.34. The molecular weight excluding hydrogens is 466 g/mol. The number of nitrogens with one attached hydrogen (secondary N) is 1. The highest BCUT2D eigenvalue weighted by Crippen LogP contribution is 2.39. The summed E-state index contributed by atoms with van der Waals surface area (Å²) in [5.41, 5.74) is 1.76. The van der Waals surface area contributed by atoms with Crippen LogP contribution in [0, 0.1) is 0 Å². The molecule has 33 heavy (non-hydrogen) atoms. The van der Waals surface area contributed by atoms with Gasteiger partial charge in [-0.25, -0.2) is 18.2 Å². The zero-order valence-corrected chi connectivity index (χ0v) is 19.7. The number of benzene rings is 2. The zero-order chi connectivity index (χ0) is 23.6. The van der Waals surface area contributed by atoms with Crippen molar-refractivity contribution in [1.29, 1.82) is 0 Å². The molecule has 1 atom stereocenters. The molecule has 1 aliphatic rings. The van der Waals surface area contributed by atoms with Crippen LogP contribution in [0.5, 0.6) is 11.5 Å². The molecule has 1 aliphatic heterocycles. The molecule has 0 radical (unpaired) electrons. The molecule has 2 heterocycles. The number of thiazole rings is 1. The molecule has 0 amide bonds. The average Bonchev–Trinajstić information content (AvgIpc) is 3.39. The molecule has 0 saturated carbocycles. The number of carbonyl (C=O) groups is 1. The monoisotopic (exact) mass is 487 g/mol. The second-order valence-electron chi connectivity index (χ2n) is 7.05. The number of ether oxygens (including phenoxy) is 3. The predicted octanol–water partition coefficient (Wildman–Crippen LogP) is 3.00. The van der Waals surface area contributed by atoms with Crippen LogP contribution in [0.1, 0.15) is 18.2 Å². The van der Waals surface area contributed by atoms with Gasteiger partial charge in [0.05, 0.1) is 30.4 Å². The van der Waals surface area contributed by atoms with Crippen molar-refractivity contribution in [3.8, 4) is 22.1 Å². The van der Waals surface area contributed by atoms with Gasteiger partial charge in [-0.15, -0.1) is 11.3 Å². The minimum absolute atomic E-state index is 0.0425. The van der Waals surface area contributed by atoms with Crippen molar-refractivity contribution < 1.29 is 27.4 Å². The Balaban J connectivity index is 1.45. The molecule has 3 aromatic rings. The van der Waals surface area contributed by atoms with Gasteiger partial charge in [-0.2, -0.15) is 0 Å². The fraction of sp³-hybridized carbons (Fsp3) is 0.227. The molecule has 9 nitrogen and oxygen atoms in total. The summed E-state index contributed by atoms with van der Waals surface area (Å²) in [6, 6.07) is 11.0. The third-order valence-electron chi connectivity index (χ3n) is 4.87. The summed E-state index contributed by atoms with van der Waals surface area (Å²) in [6.45, 7) is 1.50. The molecule has 1 N–H and O–H groups in total. The SMILES string of the molecule is COc1cccc(-c2nc(COC(=O)[C@H](C)N=C3NS(=O)(=O)c4ccccc43)cs2)c1OC. The Hall–Kier alpha value is -3.44. The third kappa shape index (κ3) is 4.55. The Morgan fingerprint density at radius 2 is 1.88 bits per heavy atom. The van der Waals surface area contributed by atoms with Gasteiger partial charge in [0.2, 0.25) is 0 Å². The van der Waals surface area contributed by atoms with E-state index in [1.807, 2.05) is 12.1 Å². The number of sulfonamides is 1. The molecule has 0 unspecified atom stereocenters. The van der Waals surface area contributed by atoms with Crippen molar-refractivity contribution in [3.63, 3.8) is 0 Å². The molecule has 4 rings (SSSR count). The smallest absolute Gasteiger partial charge is 0.331 e. The van der Waals surface area contributed by atoms with E-state index in [1.165, 1.54) is 24.3 Å². The zero-order valence-electron chi connectivity index (χ0n) is 18.1. The quantitative estimate of drug-likeness (QED) is 0.509. The molecule has 0 bridgehead atoms. The van der Waals surface area contributed by atoms with Crippen LogP contribution in [0.3, 0.4) is 0 Å². The Morgan fingerprint density at radius 1 is 1.12 bits per heavy atom. The number of fused-ring (bicyclic) bond motifs is 1. The van der Waals surface area contributed by atoms with Crippen LogP contribution < -0.4 is 14.2 Å².